The number of methoxy groups -OCH3 is 1. The summed E-state index contributed by atoms with van der Waals surface area (Å²) < 4.78 is 36.8. The minimum Gasteiger partial charge on any atom is -0.476 e. The van der Waals surface area contributed by atoms with E-state index in [9.17, 15) is 18.0 Å². The Bertz CT molecular complexity index is 1050. The highest BCUT2D eigenvalue weighted by Crippen LogP contribution is 2.35. The summed E-state index contributed by atoms with van der Waals surface area (Å²) in [6, 6.07) is 11.6. The van der Waals surface area contributed by atoms with Crippen LogP contribution >= 0.6 is 0 Å². The third-order valence-electron chi connectivity index (χ3n) is 4.72. The van der Waals surface area contributed by atoms with E-state index in [0.717, 1.165) is 0 Å². The molecule has 0 spiro atoms. The third kappa shape index (κ3) is 4.04. The molecule has 1 atom stereocenters. The van der Waals surface area contributed by atoms with E-state index in [4.69, 9.17) is 9.47 Å². The molecule has 0 fully saturated rings. The number of nitrogens with zero attached hydrogens (tertiary/aromatic N) is 1. The summed E-state index contributed by atoms with van der Waals surface area (Å²) in [5, 5.41) is 2.73. The van der Waals surface area contributed by atoms with Gasteiger partial charge in [-0.25, -0.2) is 13.2 Å². The first-order valence-corrected chi connectivity index (χ1v) is 10.6. The molecule has 2 aromatic rings. The molecule has 1 aliphatic rings. The molecule has 1 N–H and O–H groups in total. The van der Waals surface area contributed by atoms with Crippen LogP contribution in [0.3, 0.4) is 0 Å². The first-order chi connectivity index (χ1) is 13.8. The third-order valence-corrected chi connectivity index (χ3v) is 6.47. The number of ether oxygens (including phenoxy) is 2. The lowest BCUT2D eigenvalue weighted by molar-refractivity contribution is -0.122. The van der Waals surface area contributed by atoms with Crippen LogP contribution in [0, 0.1) is 6.92 Å². The molecule has 154 valence electrons. The van der Waals surface area contributed by atoms with Crippen molar-refractivity contribution in [3.05, 3.63) is 53.6 Å². The Kier molecular flexibility index (Phi) is 5.78. The average molecular weight is 418 g/mol. The number of hydrogen-bond acceptors (Lipinski definition) is 6. The number of nitrogens with one attached hydrogen (secondary N) is 1. The highest BCUT2D eigenvalue weighted by atomic mass is 32.2. The number of benzene rings is 2. The van der Waals surface area contributed by atoms with Crippen molar-refractivity contribution in [1.29, 1.82) is 0 Å². The quantitative estimate of drug-likeness (QED) is 0.748. The van der Waals surface area contributed by atoms with E-state index in [1.807, 2.05) is 0 Å². The van der Waals surface area contributed by atoms with E-state index in [-0.39, 0.29) is 12.3 Å². The molecule has 1 unspecified atom stereocenters. The van der Waals surface area contributed by atoms with Gasteiger partial charge < -0.3 is 14.8 Å². The van der Waals surface area contributed by atoms with Crippen LogP contribution in [0.5, 0.6) is 5.75 Å². The molecule has 0 radical (unpaired) electrons. The van der Waals surface area contributed by atoms with Crippen LogP contribution in [-0.4, -0.2) is 45.8 Å². The molecule has 0 aromatic heterocycles. The molecule has 0 saturated heterocycles. The molecule has 0 aliphatic carbocycles. The average Bonchev–Trinajstić information content (AvgIpc) is 2.73. The highest BCUT2D eigenvalue weighted by Gasteiger charge is 2.36. The minimum atomic E-state index is -3.59. The number of carbonyl (C=O) groups is 2. The zero-order valence-corrected chi connectivity index (χ0v) is 17.2. The van der Waals surface area contributed by atoms with Crippen LogP contribution in [-0.2, 0) is 19.6 Å². The fraction of sp³-hybridized carbons (Fsp3) is 0.300. The van der Waals surface area contributed by atoms with Gasteiger partial charge in [-0.15, -0.1) is 0 Å². The molecule has 1 amide bonds. The number of rotatable bonds is 5. The van der Waals surface area contributed by atoms with Crippen molar-refractivity contribution in [3.8, 4) is 5.75 Å². The van der Waals surface area contributed by atoms with Crippen LogP contribution in [0.2, 0.25) is 0 Å². The smallest absolute Gasteiger partial charge is 0.338 e. The molecule has 0 saturated carbocycles. The summed E-state index contributed by atoms with van der Waals surface area (Å²) in [6.07, 6.45) is -1.05. The second-order valence-electron chi connectivity index (χ2n) is 6.46. The highest BCUT2D eigenvalue weighted by molar-refractivity contribution is 7.92. The van der Waals surface area contributed by atoms with Gasteiger partial charge in [0.05, 0.1) is 30.7 Å². The Labute approximate surface area is 169 Å². The lowest BCUT2D eigenvalue weighted by Gasteiger charge is -2.34. The lowest BCUT2D eigenvalue weighted by atomic mass is 10.1. The Morgan fingerprint density at radius 2 is 1.93 bits per heavy atom. The summed E-state index contributed by atoms with van der Waals surface area (Å²) in [5.41, 5.74) is 1.70. The van der Waals surface area contributed by atoms with Crippen LogP contribution < -0.4 is 14.4 Å². The van der Waals surface area contributed by atoms with Gasteiger partial charge in [0.25, 0.3) is 5.91 Å². The maximum Gasteiger partial charge on any atom is 0.338 e. The van der Waals surface area contributed by atoms with E-state index in [1.165, 1.54) is 11.4 Å². The fourth-order valence-corrected chi connectivity index (χ4v) is 4.20. The molecule has 2 aromatic carbocycles. The number of esters is 1. The summed E-state index contributed by atoms with van der Waals surface area (Å²) in [5.74, 6) is -0.811. The van der Waals surface area contributed by atoms with Crippen LogP contribution in [0.4, 0.5) is 11.4 Å². The Morgan fingerprint density at radius 1 is 1.21 bits per heavy atom. The normalized spacial score (nSPS) is 15.8. The van der Waals surface area contributed by atoms with Gasteiger partial charge in [0.1, 0.15) is 5.75 Å². The van der Waals surface area contributed by atoms with Crippen molar-refractivity contribution in [2.24, 2.45) is 0 Å². The van der Waals surface area contributed by atoms with Gasteiger partial charge in [-0.05, 0) is 43.7 Å². The zero-order chi connectivity index (χ0) is 21.2. The predicted octanol–water partition coefficient (Wildman–Crippen LogP) is 2.34. The van der Waals surface area contributed by atoms with Gasteiger partial charge in [0.15, 0.2) is 6.10 Å². The molecule has 3 rings (SSSR count). The Morgan fingerprint density at radius 3 is 2.62 bits per heavy atom. The number of carbonyl (C=O) groups excluding carboxylic acids is 2. The summed E-state index contributed by atoms with van der Waals surface area (Å²) in [4.78, 5) is 24.7. The van der Waals surface area contributed by atoms with Gasteiger partial charge in [-0.1, -0.05) is 18.2 Å². The molecule has 1 aliphatic heterocycles. The number of anilines is 2. The van der Waals surface area contributed by atoms with E-state index in [0.29, 0.717) is 28.3 Å². The van der Waals surface area contributed by atoms with Gasteiger partial charge in [0.2, 0.25) is 10.0 Å². The minimum absolute atomic E-state index is 0.101. The molecule has 0 bridgehead atoms. The van der Waals surface area contributed by atoms with Crippen molar-refractivity contribution in [2.75, 3.05) is 29.0 Å². The summed E-state index contributed by atoms with van der Waals surface area (Å²) in [7, 11) is -2.31. The Balaban J connectivity index is 1.89. The maximum atomic E-state index is 12.9. The SMILES string of the molecule is CCS(=O)(=O)N1CC(C(=O)Nc2cccc(C(=O)OC)c2C)Oc2ccccc21. The number of para-hydroxylation sites is 2. The molecule has 1 heterocycles. The van der Waals surface area contributed by atoms with Crippen molar-refractivity contribution in [1.82, 2.24) is 0 Å². The first kappa shape index (κ1) is 20.7. The molecule has 29 heavy (non-hydrogen) atoms. The van der Waals surface area contributed by atoms with Crippen molar-refractivity contribution in [3.63, 3.8) is 0 Å². The zero-order valence-electron chi connectivity index (χ0n) is 16.3. The number of hydrogen-bond donors (Lipinski definition) is 1. The van der Waals surface area contributed by atoms with Crippen molar-refractivity contribution < 1.29 is 27.5 Å². The second kappa shape index (κ2) is 8.12. The van der Waals surface area contributed by atoms with E-state index in [2.05, 4.69) is 5.32 Å². The van der Waals surface area contributed by atoms with Gasteiger partial charge in [-0.2, -0.15) is 0 Å². The number of fused-ring (bicyclic) bond motifs is 1. The van der Waals surface area contributed by atoms with E-state index < -0.39 is 28.0 Å². The van der Waals surface area contributed by atoms with E-state index in [1.54, 1.807) is 56.3 Å². The van der Waals surface area contributed by atoms with Gasteiger partial charge >= 0.3 is 5.97 Å². The van der Waals surface area contributed by atoms with E-state index >= 15 is 0 Å². The van der Waals surface area contributed by atoms with Crippen LogP contribution in [0.25, 0.3) is 0 Å². The summed E-state index contributed by atoms with van der Waals surface area (Å²) in [6.45, 7) is 3.09. The standard InChI is InChI=1S/C20H22N2O6S/c1-4-29(25,26)22-12-18(28-17-11-6-5-10-16(17)22)19(23)21-15-9-7-8-14(13(15)2)20(24)27-3/h5-11,18H,4,12H2,1-3H3,(H,21,23). The van der Waals surface area contributed by atoms with Crippen LogP contribution in [0.15, 0.2) is 42.5 Å². The predicted molar refractivity (Wildman–Crippen MR) is 109 cm³/mol. The molecular weight excluding hydrogens is 396 g/mol. The topological polar surface area (TPSA) is 102 Å². The molecular formula is C20H22N2O6S. The lowest BCUT2D eigenvalue weighted by Crippen LogP contribution is -2.49. The van der Waals surface area contributed by atoms with Gasteiger partial charge in [-0.3, -0.25) is 9.10 Å². The van der Waals surface area contributed by atoms with Crippen molar-refractivity contribution >= 4 is 33.3 Å². The van der Waals surface area contributed by atoms with Crippen molar-refractivity contribution in [2.45, 2.75) is 20.0 Å². The maximum absolute atomic E-state index is 12.9. The monoisotopic (exact) mass is 418 g/mol. The molecule has 8 nitrogen and oxygen atoms in total. The summed E-state index contributed by atoms with van der Waals surface area (Å²) >= 11 is 0. The largest absolute Gasteiger partial charge is 0.476 e. The van der Waals surface area contributed by atoms with Crippen LogP contribution in [0.1, 0.15) is 22.8 Å². The molecule has 9 heteroatoms. The fourth-order valence-electron chi connectivity index (χ4n) is 3.07. The first-order valence-electron chi connectivity index (χ1n) is 9.03. The Hall–Kier alpha value is -3.07. The number of sulfonamides is 1. The van der Waals surface area contributed by atoms with Gasteiger partial charge in [0, 0.05) is 5.69 Å². The number of amides is 1. The second-order valence-corrected chi connectivity index (χ2v) is 8.65.